The zero-order valence-electron chi connectivity index (χ0n) is 26.7. The van der Waals surface area contributed by atoms with E-state index in [2.05, 4.69) is 6.58 Å². The average Bonchev–Trinajstić information content (AvgIpc) is 2.96. The SMILES string of the molecule is C=C1[C@H](OC(=O)/C=C\c2ccccc2)CC[C@@]2(C)[C@H](OC(C)=O)[C@@H](OC(C)=O)C3=C(C)[C@@]4(O)C[C@@H]([C@@H](OC(C)=O)[C@H]12)[C@]3(C)CO4. The highest BCUT2D eigenvalue weighted by atomic mass is 16.6. The van der Waals surface area contributed by atoms with Crippen molar-refractivity contribution >= 4 is 30.0 Å². The van der Waals surface area contributed by atoms with Crippen molar-refractivity contribution in [2.45, 2.75) is 91.0 Å². The van der Waals surface area contributed by atoms with Gasteiger partial charge in [0.1, 0.15) is 18.3 Å². The minimum absolute atomic E-state index is 0.0434. The van der Waals surface area contributed by atoms with Gasteiger partial charge in [0.25, 0.3) is 0 Å². The number of hydrogen-bond acceptors (Lipinski definition) is 10. The lowest BCUT2D eigenvalue weighted by Gasteiger charge is -2.64. The molecule has 0 unspecified atom stereocenters. The molecule has 0 radical (unpaired) electrons. The van der Waals surface area contributed by atoms with E-state index in [-0.39, 0.29) is 13.0 Å². The van der Waals surface area contributed by atoms with Gasteiger partial charge < -0.3 is 28.8 Å². The van der Waals surface area contributed by atoms with Crippen molar-refractivity contribution in [1.82, 2.24) is 0 Å². The van der Waals surface area contributed by atoms with Crippen LogP contribution in [0.4, 0.5) is 0 Å². The van der Waals surface area contributed by atoms with Crippen LogP contribution in [-0.4, -0.2) is 65.8 Å². The summed E-state index contributed by atoms with van der Waals surface area (Å²) in [6.07, 6.45) is 0.0508. The number of rotatable bonds is 6. The summed E-state index contributed by atoms with van der Waals surface area (Å²) in [5.41, 5.74) is 0.503. The van der Waals surface area contributed by atoms with Gasteiger partial charge in [-0.1, -0.05) is 50.8 Å². The minimum Gasteiger partial charge on any atom is -0.462 e. The van der Waals surface area contributed by atoms with Gasteiger partial charge in [0.15, 0.2) is 11.9 Å². The summed E-state index contributed by atoms with van der Waals surface area (Å²) in [5, 5.41) is 11.8. The van der Waals surface area contributed by atoms with Gasteiger partial charge in [-0.2, -0.15) is 0 Å². The smallest absolute Gasteiger partial charge is 0.331 e. The van der Waals surface area contributed by atoms with Crippen molar-refractivity contribution in [3.05, 3.63) is 65.3 Å². The van der Waals surface area contributed by atoms with Gasteiger partial charge >= 0.3 is 23.9 Å². The lowest BCUT2D eigenvalue weighted by molar-refractivity contribution is -0.284. The van der Waals surface area contributed by atoms with Crippen LogP contribution in [0.2, 0.25) is 0 Å². The summed E-state index contributed by atoms with van der Waals surface area (Å²) < 4.78 is 30.1. The van der Waals surface area contributed by atoms with E-state index < -0.39 is 76.7 Å². The van der Waals surface area contributed by atoms with Crippen molar-refractivity contribution in [2.24, 2.45) is 22.7 Å². The van der Waals surface area contributed by atoms with Crippen LogP contribution in [0.3, 0.4) is 0 Å². The highest BCUT2D eigenvalue weighted by Gasteiger charge is 2.69. The molecule has 2 aliphatic heterocycles. The molecule has 3 fully saturated rings. The van der Waals surface area contributed by atoms with E-state index in [1.54, 1.807) is 13.0 Å². The Morgan fingerprint density at radius 1 is 0.978 bits per heavy atom. The Hall–Kier alpha value is -3.76. The third-order valence-electron chi connectivity index (χ3n) is 10.3. The van der Waals surface area contributed by atoms with E-state index in [9.17, 15) is 24.3 Å². The quantitative estimate of drug-likeness (QED) is 0.210. The van der Waals surface area contributed by atoms with E-state index in [0.717, 1.165) is 5.56 Å². The van der Waals surface area contributed by atoms with Gasteiger partial charge in [0, 0.05) is 55.9 Å². The van der Waals surface area contributed by atoms with Crippen molar-refractivity contribution in [1.29, 1.82) is 0 Å². The molecule has 3 aliphatic carbocycles. The number of benzene rings is 1. The van der Waals surface area contributed by atoms with Gasteiger partial charge in [-0.15, -0.1) is 0 Å². The maximum Gasteiger partial charge on any atom is 0.331 e. The molecule has 6 rings (SSSR count). The maximum absolute atomic E-state index is 13.0. The van der Waals surface area contributed by atoms with Crippen molar-refractivity contribution in [2.75, 3.05) is 6.61 Å². The highest BCUT2D eigenvalue weighted by Crippen LogP contribution is 2.64. The summed E-state index contributed by atoms with van der Waals surface area (Å²) >= 11 is 0. The van der Waals surface area contributed by atoms with Crippen LogP contribution in [0, 0.1) is 22.7 Å². The van der Waals surface area contributed by atoms with Crippen LogP contribution in [0.15, 0.2) is 59.7 Å². The Balaban J connectivity index is 1.64. The van der Waals surface area contributed by atoms with E-state index in [1.165, 1.54) is 26.8 Å². The fourth-order valence-electron chi connectivity index (χ4n) is 8.25. The summed E-state index contributed by atoms with van der Waals surface area (Å²) in [4.78, 5) is 51.1. The molecule has 1 aromatic rings. The number of hydrogen-bond donors (Lipinski definition) is 1. The van der Waals surface area contributed by atoms with Crippen LogP contribution in [0.1, 0.15) is 66.4 Å². The molecule has 10 heteroatoms. The van der Waals surface area contributed by atoms with Crippen molar-refractivity contribution in [3.8, 4) is 0 Å². The highest BCUT2D eigenvalue weighted by molar-refractivity contribution is 5.87. The first-order valence-electron chi connectivity index (χ1n) is 15.3. The monoisotopic (exact) mass is 622 g/mol. The normalized spacial score (nSPS) is 37.3. The summed E-state index contributed by atoms with van der Waals surface area (Å²) in [6, 6.07) is 9.34. The van der Waals surface area contributed by atoms with Crippen LogP contribution in [0.25, 0.3) is 6.08 Å². The number of esters is 4. The predicted octanol–water partition coefficient (Wildman–Crippen LogP) is 4.45. The molecule has 0 amide bonds. The second kappa shape index (κ2) is 11.9. The predicted molar refractivity (Wildman–Crippen MR) is 162 cm³/mol. The van der Waals surface area contributed by atoms with E-state index in [1.807, 2.05) is 44.2 Å². The maximum atomic E-state index is 13.0. The fraction of sp³-hybridized carbons (Fsp3) is 0.543. The fourth-order valence-corrected chi connectivity index (χ4v) is 8.25. The van der Waals surface area contributed by atoms with E-state index in [4.69, 9.17) is 23.7 Å². The molecule has 4 bridgehead atoms. The second-order valence-electron chi connectivity index (χ2n) is 13.2. The number of carbonyl (C=O) groups is 4. The minimum atomic E-state index is -1.73. The molecule has 0 spiro atoms. The molecule has 242 valence electrons. The average molecular weight is 623 g/mol. The van der Waals surface area contributed by atoms with Crippen LogP contribution < -0.4 is 0 Å². The first-order valence-corrected chi connectivity index (χ1v) is 15.3. The van der Waals surface area contributed by atoms with Crippen LogP contribution in [-0.2, 0) is 42.9 Å². The third-order valence-corrected chi connectivity index (χ3v) is 10.3. The molecule has 0 aromatic heterocycles. The molecule has 1 saturated heterocycles. The van der Waals surface area contributed by atoms with Gasteiger partial charge in [-0.05, 0) is 48.1 Å². The molecular weight excluding hydrogens is 580 g/mol. The van der Waals surface area contributed by atoms with Crippen LogP contribution in [0.5, 0.6) is 0 Å². The summed E-state index contributed by atoms with van der Waals surface area (Å²) in [6.45, 7) is 13.9. The molecular formula is C35H42O10. The molecule has 1 N–H and O–H groups in total. The Morgan fingerprint density at radius 3 is 2.24 bits per heavy atom. The molecule has 10 nitrogen and oxygen atoms in total. The second-order valence-corrected chi connectivity index (χ2v) is 13.2. The molecule has 2 saturated carbocycles. The number of ether oxygens (including phenoxy) is 5. The van der Waals surface area contributed by atoms with Gasteiger partial charge in [0.05, 0.1) is 6.61 Å². The standard InChI is InChI=1S/C35H42O10/c1-19-26(45-27(39)14-13-24-11-9-8-10-12-24)15-16-33(6)28(19)30(42-21(3)36)25-17-35(40)20(2)29(34(25,7)18-41-35)31(43-22(4)37)32(33)44-23(5)38/h8-14,25-26,28,30-32,40H,1,15-18H2,2-7H3/b14-13-/t25-,26+,28-,30+,31-,32+,33+,34-,35+/m0/s1. The molecule has 1 aromatic carbocycles. The van der Waals surface area contributed by atoms with Gasteiger partial charge in [-0.25, -0.2) is 4.79 Å². The first kappa shape index (κ1) is 32.6. The number of fused-ring (bicyclic) bond motifs is 2. The number of aliphatic hydroxyl groups is 1. The molecule has 2 heterocycles. The molecule has 9 atom stereocenters. The van der Waals surface area contributed by atoms with Crippen molar-refractivity contribution in [3.63, 3.8) is 0 Å². The lowest BCUT2D eigenvalue weighted by atomic mass is 9.48. The summed E-state index contributed by atoms with van der Waals surface area (Å²) in [5.74, 6) is -5.25. The van der Waals surface area contributed by atoms with Crippen LogP contribution >= 0.6 is 0 Å². The topological polar surface area (TPSA) is 135 Å². The van der Waals surface area contributed by atoms with E-state index in [0.29, 0.717) is 29.6 Å². The zero-order chi connectivity index (χ0) is 32.9. The summed E-state index contributed by atoms with van der Waals surface area (Å²) in [7, 11) is 0. The van der Waals surface area contributed by atoms with Gasteiger partial charge in [-0.3, -0.25) is 14.4 Å². The third kappa shape index (κ3) is 5.74. The Bertz CT molecular complexity index is 1460. The largest absolute Gasteiger partial charge is 0.462 e. The van der Waals surface area contributed by atoms with E-state index >= 15 is 0 Å². The van der Waals surface area contributed by atoms with Gasteiger partial charge in [0.2, 0.25) is 0 Å². The molecule has 45 heavy (non-hydrogen) atoms. The molecule has 5 aliphatic rings. The Labute approximate surface area is 263 Å². The number of carbonyl (C=O) groups excluding carboxylic acids is 4. The Kier molecular flexibility index (Phi) is 8.61. The van der Waals surface area contributed by atoms with Crippen molar-refractivity contribution < 1.29 is 48.0 Å². The lowest BCUT2D eigenvalue weighted by Crippen LogP contribution is -2.69. The Morgan fingerprint density at radius 2 is 1.62 bits per heavy atom. The zero-order valence-corrected chi connectivity index (χ0v) is 26.7. The first-order chi connectivity index (χ1) is 21.1.